The van der Waals surface area contributed by atoms with Crippen LogP contribution in [0.1, 0.15) is 58.8 Å². The molecule has 0 unspecified atom stereocenters. The summed E-state index contributed by atoms with van der Waals surface area (Å²) in [4.78, 5) is 23.1. The summed E-state index contributed by atoms with van der Waals surface area (Å²) in [6.45, 7) is 4.04. The van der Waals surface area contributed by atoms with Gasteiger partial charge in [0, 0.05) is 0 Å². The van der Waals surface area contributed by atoms with Gasteiger partial charge in [-0.15, -0.1) is 0 Å². The highest BCUT2D eigenvalue weighted by molar-refractivity contribution is 5.87. The Morgan fingerprint density at radius 1 is 0.947 bits per heavy atom. The first-order valence-corrected chi connectivity index (χ1v) is 7.56. The lowest BCUT2D eigenvalue weighted by atomic mass is 9.86. The molecule has 0 bridgehead atoms. The third-order valence-corrected chi connectivity index (χ3v) is 4.31. The summed E-state index contributed by atoms with van der Waals surface area (Å²) in [6, 6.07) is 0. The molecule has 2 rings (SSSR count). The third-order valence-electron chi connectivity index (χ3n) is 4.31. The van der Waals surface area contributed by atoms with Crippen LogP contribution in [0.15, 0.2) is 0 Å². The summed E-state index contributed by atoms with van der Waals surface area (Å²) < 4.78 is 10.4. The fourth-order valence-corrected chi connectivity index (χ4v) is 3.12. The van der Waals surface area contributed by atoms with Crippen LogP contribution in [0.4, 0.5) is 0 Å². The molecule has 0 aliphatic carbocycles. The Labute approximate surface area is 114 Å². The van der Waals surface area contributed by atoms with E-state index in [4.69, 9.17) is 9.47 Å². The first-order chi connectivity index (χ1) is 9.15. The number of carbonyl (C=O) groups excluding carboxylic acids is 2. The molecule has 0 saturated carbocycles. The second kappa shape index (κ2) is 6.40. The zero-order chi connectivity index (χ0) is 13.8. The molecule has 0 amide bonds. The van der Waals surface area contributed by atoms with Gasteiger partial charge in [0.05, 0.1) is 11.8 Å². The van der Waals surface area contributed by atoms with Gasteiger partial charge in [0.2, 0.25) is 6.10 Å². The van der Waals surface area contributed by atoms with Gasteiger partial charge in [-0.25, -0.2) is 4.79 Å². The number of ether oxygens (including phenoxy) is 2. The number of cyclic esters (lactones) is 1. The van der Waals surface area contributed by atoms with Gasteiger partial charge in [0.25, 0.3) is 0 Å². The van der Waals surface area contributed by atoms with E-state index in [2.05, 4.69) is 6.92 Å². The smallest absolute Gasteiger partial charge is 0.348 e. The predicted molar refractivity (Wildman–Crippen MR) is 70.4 cm³/mol. The average molecular weight is 268 g/mol. The first-order valence-electron chi connectivity index (χ1n) is 7.56. The Morgan fingerprint density at radius 2 is 1.63 bits per heavy atom. The van der Waals surface area contributed by atoms with Crippen molar-refractivity contribution in [3.8, 4) is 0 Å². The van der Waals surface area contributed by atoms with Crippen molar-refractivity contribution in [2.75, 3.05) is 0 Å². The van der Waals surface area contributed by atoms with E-state index >= 15 is 0 Å². The Bertz CT molecular complexity index is 339. The molecule has 0 aromatic rings. The fraction of sp³-hybridized carbons (Fsp3) is 0.867. The number of esters is 2. The lowest BCUT2D eigenvalue weighted by molar-refractivity contribution is -0.159. The van der Waals surface area contributed by atoms with E-state index in [1.807, 2.05) is 6.92 Å². The number of fused-ring (bicyclic) bond motifs is 1. The quantitative estimate of drug-likeness (QED) is 0.526. The van der Waals surface area contributed by atoms with E-state index in [1.165, 1.54) is 32.1 Å². The molecule has 0 N–H and O–H groups in total. The second-order valence-corrected chi connectivity index (χ2v) is 5.76. The largest absolute Gasteiger partial charge is 0.459 e. The summed E-state index contributed by atoms with van der Waals surface area (Å²) in [7, 11) is 0. The van der Waals surface area contributed by atoms with Gasteiger partial charge in [0.1, 0.15) is 6.10 Å². The van der Waals surface area contributed by atoms with Gasteiger partial charge in [-0.1, -0.05) is 46.0 Å². The van der Waals surface area contributed by atoms with Crippen molar-refractivity contribution >= 4 is 11.9 Å². The topological polar surface area (TPSA) is 52.6 Å². The molecule has 2 aliphatic rings. The highest BCUT2D eigenvalue weighted by Gasteiger charge is 2.56. The van der Waals surface area contributed by atoms with E-state index in [0.717, 1.165) is 12.8 Å². The van der Waals surface area contributed by atoms with Crippen molar-refractivity contribution in [2.24, 2.45) is 11.8 Å². The molecule has 0 aromatic heterocycles. The highest BCUT2D eigenvalue weighted by atomic mass is 16.6. The molecule has 19 heavy (non-hydrogen) atoms. The van der Waals surface area contributed by atoms with Crippen LogP contribution in [0.2, 0.25) is 0 Å². The maximum atomic E-state index is 11.6. The lowest BCUT2D eigenvalue weighted by Crippen LogP contribution is -2.25. The first kappa shape index (κ1) is 14.4. The number of rotatable bonds is 7. The molecule has 108 valence electrons. The molecule has 2 heterocycles. The van der Waals surface area contributed by atoms with Crippen LogP contribution in [0, 0.1) is 11.8 Å². The van der Waals surface area contributed by atoms with Crippen molar-refractivity contribution in [3.05, 3.63) is 0 Å². The summed E-state index contributed by atoms with van der Waals surface area (Å²) in [5.74, 6) is -0.865. The van der Waals surface area contributed by atoms with Gasteiger partial charge >= 0.3 is 11.9 Å². The maximum Gasteiger partial charge on any atom is 0.348 e. The normalized spacial score (nSPS) is 33.2. The molecule has 4 nitrogen and oxygen atoms in total. The lowest BCUT2D eigenvalue weighted by Gasteiger charge is -2.16. The van der Waals surface area contributed by atoms with Crippen LogP contribution in [-0.2, 0) is 19.1 Å². The Morgan fingerprint density at radius 3 is 2.37 bits per heavy atom. The monoisotopic (exact) mass is 268 g/mol. The van der Waals surface area contributed by atoms with Crippen LogP contribution in [-0.4, -0.2) is 24.1 Å². The molecule has 4 heteroatoms. The minimum atomic E-state index is -0.632. The molecule has 2 saturated heterocycles. The Balaban J connectivity index is 1.75. The van der Waals surface area contributed by atoms with Gasteiger partial charge < -0.3 is 9.47 Å². The third kappa shape index (κ3) is 3.10. The number of hydrogen-bond donors (Lipinski definition) is 0. The van der Waals surface area contributed by atoms with Crippen LogP contribution in [0.5, 0.6) is 0 Å². The van der Waals surface area contributed by atoms with Gasteiger partial charge in [-0.3, -0.25) is 4.79 Å². The fourth-order valence-electron chi connectivity index (χ4n) is 3.12. The molecule has 2 fully saturated rings. The molecular formula is C15H24O4. The van der Waals surface area contributed by atoms with E-state index in [1.54, 1.807) is 0 Å². The van der Waals surface area contributed by atoms with Crippen LogP contribution >= 0.6 is 0 Å². The SMILES string of the molecule is CCCCCCCC[C@H]1OC(=O)[C@@H]2OC(=O)[C@@H](C)[C@H]12. The summed E-state index contributed by atoms with van der Waals surface area (Å²) in [6.07, 6.45) is 7.42. The van der Waals surface area contributed by atoms with Gasteiger partial charge in [0.15, 0.2) is 0 Å². The van der Waals surface area contributed by atoms with E-state index < -0.39 is 6.10 Å². The van der Waals surface area contributed by atoms with Gasteiger partial charge in [-0.2, -0.15) is 0 Å². The summed E-state index contributed by atoms with van der Waals surface area (Å²) in [5.41, 5.74) is 0. The van der Waals surface area contributed by atoms with E-state index in [0.29, 0.717) is 0 Å². The standard InChI is InChI=1S/C15H24O4/c1-3-4-5-6-7-8-9-11-12-10(2)14(16)19-13(12)15(17)18-11/h10-13H,3-9H2,1-2H3/t10-,11+,12+,13+/m0/s1. The number of hydrogen-bond acceptors (Lipinski definition) is 4. The molecule has 4 atom stereocenters. The minimum Gasteiger partial charge on any atom is -0.459 e. The zero-order valence-corrected chi connectivity index (χ0v) is 11.9. The molecule has 0 radical (unpaired) electrons. The van der Waals surface area contributed by atoms with Crippen molar-refractivity contribution in [1.29, 1.82) is 0 Å². The van der Waals surface area contributed by atoms with Crippen LogP contribution < -0.4 is 0 Å². The second-order valence-electron chi connectivity index (χ2n) is 5.76. The average Bonchev–Trinajstić information content (AvgIpc) is 2.84. The Hall–Kier alpha value is -1.06. The van der Waals surface area contributed by atoms with Crippen molar-refractivity contribution in [3.63, 3.8) is 0 Å². The molecule has 2 aliphatic heterocycles. The number of unbranched alkanes of at least 4 members (excludes halogenated alkanes) is 5. The zero-order valence-electron chi connectivity index (χ0n) is 11.9. The summed E-state index contributed by atoms with van der Waals surface area (Å²) in [5, 5.41) is 0. The number of carbonyl (C=O) groups is 2. The van der Waals surface area contributed by atoms with Crippen molar-refractivity contribution < 1.29 is 19.1 Å². The summed E-state index contributed by atoms with van der Waals surface area (Å²) >= 11 is 0. The maximum absolute atomic E-state index is 11.6. The molecule has 0 spiro atoms. The molecule has 0 aromatic carbocycles. The molecular weight excluding hydrogens is 244 g/mol. The van der Waals surface area contributed by atoms with E-state index in [9.17, 15) is 9.59 Å². The highest BCUT2D eigenvalue weighted by Crippen LogP contribution is 2.40. The van der Waals surface area contributed by atoms with Gasteiger partial charge in [-0.05, 0) is 12.8 Å². The Kier molecular flexibility index (Phi) is 4.83. The van der Waals surface area contributed by atoms with Crippen LogP contribution in [0.3, 0.4) is 0 Å². The van der Waals surface area contributed by atoms with Crippen molar-refractivity contribution in [1.82, 2.24) is 0 Å². The predicted octanol–water partition coefficient (Wildman–Crippen LogP) is 2.84. The van der Waals surface area contributed by atoms with Crippen molar-refractivity contribution in [2.45, 2.75) is 71.0 Å². The minimum absolute atomic E-state index is 0.0596. The van der Waals surface area contributed by atoms with Crippen LogP contribution in [0.25, 0.3) is 0 Å². The van der Waals surface area contributed by atoms with E-state index in [-0.39, 0.29) is 29.9 Å².